The summed E-state index contributed by atoms with van der Waals surface area (Å²) in [6.07, 6.45) is 0.970. The fourth-order valence-corrected chi connectivity index (χ4v) is 3.40. The minimum absolute atomic E-state index is 0.00675. The highest BCUT2D eigenvalue weighted by Crippen LogP contribution is 2.19. The quantitative estimate of drug-likeness (QED) is 0.898. The second-order valence-corrected chi connectivity index (χ2v) is 6.81. The maximum atomic E-state index is 12.5. The molecule has 1 aromatic carbocycles. The Bertz CT molecular complexity index is 573. The average molecular weight is 315 g/mol. The number of fused-ring (bicyclic) bond motifs is 1. The van der Waals surface area contributed by atoms with Gasteiger partial charge in [0.2, 0.25) is 11.8 Å². The summed E-state index contributed by atoms with van der Waals surface area (Å²) in [4.78, 5) is 29.0. The maximum absolute atomic E-state index is 12.5. The molecule has 0 spiro atoms. The SMILES string of the molecule is CC(C)[C@H]1NC(=O)[C@H]2CN(CCc3ccccc3)CCN2C1=O. The molecule has 0 unspecified atom stereocenters. The molecule has 0 bridgehead atoms. The van der Waals surface area contributed by atoms with Gasteiger partial charge < -0.3 is 10.2 Å². The number of piperazine rings is 2. The van der Waals surface area contributed by atoms with Crippen molar-refractivity contribution >= 4 is 11.8 Å². The van der Waals surface area contributed by atoms with E-state index in [9.17, 15) is 9.59 Å². The van der Waals surface area contributed by atoms with Gasteiger partial charge in [0.15, 0.2) is 0 Å². The zero-order valence-corrected chi connectivity index (χ0v) is 13.9. The van der Waals surface area contributed by atoms with E-state index in [1.54, 1.807) is 4.90 Å². The predicted octanol–water partition coefficient (Wildman–Crippen LogP) is 0.896. The van der Waals surface area contributed by atoms with Gasteiger partial charge in [0, 0.05) is 26.2 Å². The van der Waals surface area contributed by atoms with Crippen molar-refractivity contribution in [2.75, 3.05) is 26.2 Å². The van der Waals surface area contributed by atoms with Crippen LogP contribution < -0.4 is 5.32 Å². The number of carbonyl (C=O) groups is 2. The molecule has 2 aliphatic heterocycles. The van der Waals surface area contributed by atoms with E-state index < -0.39 is 0 Å². The van der Waals surface area contributed by atoms with Crippen molar-refractivity contribution in [3.8, 4) is 0 Å². The van der Waals surface area contributed by atoms with Crippen molar-refractivity contribution in [3.63, 3.8) is 0 Å². The number of nitrogens with one attached hydrogen (secondary N) is 1. The molecule has 124 valence electrons. The summed E-state index contributed by atoms with van der Waals surface area (Å²) in [6, 6.07) is 9.67. The van der Waals surface area contributed by atoms with Crippen LogP contribution in [0.4, 0.5) is 0 Å². The van der Waals surface area contributed by atoms with Crippen LogP contribution in [0.5, 0.6) is 0 Å². The van der Waals surface area contributed by atoms with Gasteiger partial charge in [0.05, 0.1) is 0 Å². The third kappa shape index (κ3) is 3.39. The first-order valence-electron chi connectivity index (χ1n) is 8.43. The summed E-state index contributed by atoms with van der Waals surface area (Å²) in [5, 5.41) is 2.90. The first-order valence-corrected chi connectivity index (χ1v) is 8.43. The van der Waals surface area contributed by atoms with E-state index in [2.05, 4.69) is 22.3 Å². The average Bonchev–Trinajstić information content (AvgIpc) is 2.57. The lowest BCUT2D eigenvalue weighted by Crippen LogP contribution is -2.70. The molecular formula is C18H25N3O2. The van der Waals surface area contributed by atoms with Crippen molar-refractivity contribution in [1.82, 2.24) is 15.1 Å². The normalized spacial score (nSPS) is 25.4. The number of amides is 2. The second-order valence-electron chi connectivity index (χ2n) is 6.81. The summed E-state index contributed by atoms with van der Waals surface area (Å²) in [7, 11) is 0. The Morgan fingerprint density at radius 2 is 1.91 bits per heavy atom. The lowest BCUT2D eigenvalue weighted by atomic mass is 9.96. The summed E-state index contributed by atoms with van der Waals surface area (Å²) in [6.45, 7) is 6.99. The smallest absolute Gasteiger partial charge is 0.246 e. The summed E-state index contributed by atoms with van der Waals surface area (Å²) in [5.41, 5.74) is 1.30. The maximum Gasteiger partial charge on any atom is 0.246 e. The van der Waals surface area contributed by atoms with Crippen LogP contribution in [0.2, 0.25) is 0 Å². The standard InChI is InChI=1S/C18H25N3O2/c1-13(2)16-18(23)21-11-10-20(12-15(21)17(22)19-16)9-8-14-6-4-3-5-7-14/h3-7,13,15-16H,8-12H2,1-2H3,(H,19,22)/t15-,16-/m1/s1. The molecule has 2 saturated heterocycles. The highest BCUT2D eigenvalue weighted by molar-refractivity contribution is 5.97. The van der Waals surface area contributed by atoms with Gasteiger partial charge in [-0.1, -0.05) is 44.2 Å². The molecule has 23 heavy (non-hydrogen) atoms. The topological polar surface area (TPSA) is 52.7 Å². The van der Waals surface area contributed by atoms with Crippen molar-refractivity contribution < 1.29 is 9.59 Å². The lowest BCUT2D eigenvalue weighted by molar-refractivity contribution is -0.154. The summed E-state index contributed by atoms with van der Waals surface area (Å²) in [5.74, 6) is 0.198. The molecule has 5 heteroatoms. The number of benzene rings is 1. The Morgan fingerprint density at radius 3 is 2.61 bits per heavy atom. The van der Waals surface area contributed by atoms with Gasteiger partial charge in [0.1, 0.15) is 12.1 Å². The highest BCUT2D eigenvalue weighted by Gasteiger charge is 2.44. The van der Waals surface area contributed by atoms with Crippen molar-refractivity contribution in [2.45, 2.75) is 32.4 Å². The first-order chi connectivity index (χ1) is 11.1. The van der Waals surface area contributed by atoms with E-state index in [1.807, 2.05) is 32.0 Å². The van der Waals surface area contributed by atoms with Gasteiger partial charge in [-0.05, 0) is 17.9 Å². The molecule has 2 amide bonds. The molecular weight excluding hydrogens is 290 g/mol. The van der Waals surface area contributed by atoms with E-state index in [1.165, 1.54) is 5.56 Å². The fourth-order valence-electron chi connectivity index (χ4n) is 3.40. The zero-order chi connectivity index (χ0) is 16.4. The molecule has 2 aliphatic rings. The molecule has 0 saturated carbocycles. The van der Waals surface area contributed by atoms with Gasteiger partial charge in [-0.25, -0.2) is 0 Å². The number of hydrogen-bond acceptors (Lipinski definition) is 3. The summed E-state index contributed by atoms with van der Waals surface area (Å²) < 4.78 is 0. The zero-order valence-electron chi connectivity index (χ0n) is 13.9. The van der Waals surface area contributed by atoms with Crippen LogP contribution in [0.15, 0.2) is 30.3 Å². The highest BCUT2D eigenvalue weighted by atomic mass is 16.2. The van der Waals surface area contributed by atoms with Crippen LogP contribution in [0.1, 0.15) is 19.4 Å². The Hall–Kier alpha value is -1.88. The Kier molecular flexibility index (Phi) is 4.66. The van der Waals surface area contributed by atoms with Crippen LogP contribution >= 0.6 is 0 Å². The van der Waals surface area contributed by atoms with Gasteiger partial charge in [0.25, 0.3) is 0 Å². The molecule has 0 aliphatic carbocycles. The molecule has 2 heterocycles. The fraction of sp³-hybridized carbons (Fsp3) is 0.556. The van der Waals surface area contributed by atoms with Crippen molar-refractivity contribution in [2.24, 2.45) is 5.92 Å². The number of hydrogen-bond donors (Lipinski definition) is 1. The molecule has 1 aromatic rings. The van der Waals surface area contributed by atoms with Crippen LogP contribution in [-0.4, -0.2) is 59.9 Å². The van der Waals surface area contributed by atoms with E-state index in [-0.39, 0.29) is 29.8 Å². The van der Waals surface area contributed by atoms with Gasteiger partial charge in [-0.15, -0.1) is 0 Å². The molecule has 1 N–H and O–H groups in total. The molecule has 0 aromatic heterocycles. The molecule has 3 rings (SSSR count). The minimum atomic E-state index is -0.366. The number of nitrogens with zero attached hydrogens (tertiary/aromatic N) is 2. The van der Waals surface area contributed by atoms with Crippen LogP contribution in [0, 0.1) is 5.92 Å². The third-order valence-corrected chi connectivity index (χ3v) is 4.84. The Labute approximate surface area is 137 Å². The van der Waals surface area contributed by atoms with Gasteiger partial charge in [-0.3, -0.25) is 14.5 Å². The van der Waals surface area contributed by atoms with E-state index in [4.69, 9.17) is 0 Å². The molecule has 5 nitrogen and oxygen atoms in total. The monoisotopic (exact) mass is 315 g/mol. The van der Waals surface area contributed by atoms with Crippen LogP contribution in [0.3, 0.4) is 0 Å². The molecule has 2 fully saturated rings. The van der Waals surface area contributed by atoms with Crippen LogP contribution in [-0.2, 0) is 16.0 Å². The second kappa shape index (κ2) is 6.71. The third-order valence-electron chi connectivity index (χ3n) is 4.84. The Morgan fingerprint density at radius 1 is 1.17 bits per heavy atom. The Balaban J connectivity index is 1.60. The van der Waals surface area contributed by atoms with Crippen LogP contribution in [0.25, 0.3) is 0 Å². The molecule has 0 radical (unpaired) electrons. The minimum Gasteiger partial charge on any atom is -0.342 e. The van der Waals surface area contributed by atoms with Gasteiger partial charge >= 0.3 is 0 Å². The van der Waals surface area contributed by atoms with Crippen molar-refractivity contribution in [3.05, 3.63) is 35.9 Å². The number of rotatable bonds is 4. The lowest BCUT2D eigenvalue weighted by Gasteiger charge is -2.46. The largest absolute Gasteiger partial charge is 0.342 e. The predicted molar refractivity (Wildman–Crippen MR) is 88.9 cm³/mol. The van der Waals surface area contributed by atoms with Gasteiger partial charge in [-0.2, -0.15) is 0 Å². The van der Waals surface area contributed by atoms with E-state index >= 15 is 0 Å². The van der Waals surface area contributed by atoms with Crippen molar-refractivity contribution in [1.29, 1.82) is 0 Å². The summed E-state index contributed by atoms with van der Waals surface area (Å²) >= 11 is 0. The number of carbonyl (C=O) groups excluding carboxylic acids is 2. The molecule has 2 atom stereocenters. The first kappa shape index (κ1) is 16.0. The van der Waals surface area contributed by atoms with E-state index in [0.717, 1.165) is 19.5 Å². The van der Waals surface area contributed by atoms with E-state index in [0.29, 0.717) is 13.1 Å².